The van der Waals surface area contributed by atoms with Crippen LogP contribution in [0.3, 0.4) is 0 Å². The second kappa shape index (κ2) is 6.33. The lowest BCUT2D eigenvalue weighted by Crippen LogP contribution is -2.52. The highest BCUT2D eigenvalue weighted by Crippen LogP contribution is 2.13. The van der Waals surface area contributed by atoms with Crippen molar-refractivity contribution in [2.24, 2.45) is 0 Å². The van der Waals surface area contributed by atoms with E-state index >= 15 is 0 Å². The summed E-state index contributed by atoms with van der Waals surface area (Å²) in [5, 5.41) is 12.3. The van der Waals surface area contributed by atoms with Crippen molar-refractivity contribution in [3.05, 3.63) is 0 Å². The quantitative estimate of drug-likeness (QED) is 0.714. The Labute approximate surface area is 103 Å². The first kappa shape index (κ1) is 14.4. The minimum Gasteiger partial charge on any atom is -0.480 e. The van der Waals surface area contributed by atoms with E-state index in [1.807, 2.05) is 13.8 Å². The van der Waals surface area contributed by atoms with Gasteiger partial charge in [0.1, 0.15) is 5.54 Å². The lowest BCUT2D eigenvalue weighted by Gasteiger charge is -2.34. The zero-order valence-corrected chi connectivity index (χ0v) is 11.0. The van der Waals surface area contributed by atoms with Crippen molar-refractivity contribution in [1.82, 2.24) is 10.2 Å². The van der Waals surface area contributed by atoms with E-state index in [0.717, 1.165) is 26.2 Å². The maximum Gasteiger partial charge on any atom is 0.323 e. The Hall–Kier alpha value is -0.650. The van der Waals surface area contributed by atoms with Gasteiger partial charge in [-0.25, -0.2) is 0 Å². The van der Waals surface area contributed by atoms with Gasteiger partial charge in [-0.3, -0.25) is 9.69 Å². The number of ether oxygens (including phenoxy) is 1. The number of rotatable bonds is 6. The van der Waals surface area contributed by atoms with E-state index in [9.17, 15) is 9.90 Å². The number of hydrogen-bond acceptors (Lipinski definition) is 4. The zero-order valence-electron chi connectivity index (χ0n) is 11.0. The molecule has 1 rings (SSSR count). The maximum atomic E-state index is 11.2. The summed E-state index contributed by atoms with van der Waals surface area (Å²) in [5.41, 5.74) is -0.823. The summed E-state index contributed by atoms with van der Waals surface area (Å²) in [7, 11) is 0. The first-order valence-corrected chi connectivity index (χ1v) is 6.30. The first-order valence-electron chi connectivity index (χ1n) is 6.30. The molecule has 5 nitrogen and oxygen atoms in total. The molecule has 100 valence electrons. The number of carboxylic acid groups (broad SMARTS) is 1. The molecule has 2 atom stereocenters. The first-order chi connectivity index (χ1) is 7.98. The summed E-state index contributed by atoms with van der Waals surface area (Å²) in [6.07, 6.45) is 0.863. The second-order valence-electron chi connectivity index (χ2n) is 4.90. The number of aliphatic carboxylic acids is 1. The van der Waals surface area contributed by atoms with Crippen molar-refractivity contribution in [3.8, 4) is 0 Å². The third-order valence-corrected chi connectivity index (χ3v) is 3.29. The number of likely N-dealkylation sites (N-methyl/N-ethyl adjacent to an activating group) is 1. The van der Waals surface area contributed by atoms with Crippen LogP contribution in [-0.4, -0.2) is 60.4 Å². The average molecular weight is 244 g/mol. The molecule has 1 aliphatic heterocycles. The summed E-state index contributed by atoms with van der Waals surface area (Å²) in [5.74, 6) is -0.777. The number of carbonyl (C=O) groups is 1. The Balaban J connectivity index is 2.43. The highest BCUT2D eigenvalue weighted by molar-refractivity contribution is 5.78. The molecule has 5 heteroatoms. The predicted octanol–water partition coefficient (Wildman–Crippen LogP) is 0.550. The normalized spacial score (nSPS) is 25.5. The van der Waals surface area contributed by atoms with E-state index in [1.54, 1.807) is 6.92 Å². The van der Waals surface area contributed by atoms with Crippen molar-refractivity contribution in [3.63, 3.8) is 0 Å². The molecule has 0 saturated carbocycles. The van der Waals surface area contributed by atoms with Gasteiger partial charge in [0.25, 0.3) is 0 Å². The van der Waals surface area contributed by atoms with Crippen LogP contribution in [0, 0.1) is 0 Å². The molecular formula is C12H24N2O3. The fraction of sp³-hybridized carbons (Fsp3) is 0.917. The molecule has 0 aromatic carbocycles. The van der Waals surface area contributed by atoms with E-state index in [2.05, 4.69) is 10.2 Å². The van der Waals surface area contributed by atoms with Crippen LogP contribution >= 0.6 is 0 Å². The molecule has 0 bridgehead atoms. The van der Waals surface area contributed by atoms with Gasteiger partial charge >= 0.3 is 5.97 Å². The molecule has 0 radical (unpaired) electrons. The highest BCUT2D eigenvalue weighted by Gasteiger charge is 2.32. The molecule has 1 fully saturated rings. The molecule has 1 aliphatic rings. The van der Waals surface area contributed by atoms with Crippen molar-refractivity contribution < 1.29 is 14.6 Å². The molecule has 0 amide bonds. The lowest BCUT2D eigenvalue weighted by atomic mass is 9.97. The second-order valence-corrected chi connectivity index (χ2v) is 4.90. The van der Waals surface area contributed by atoms with Gasteiger partial charge in [-0.1, -0.05) is 6.92 Å². The fourth-order valence-electron chi connectivity index (χ4n) is 2.14. The number of hydrogen-bond donors (Lipinski definition) is 2. The SMILES string of the molecule is CCNC(C)(CCN1CCOC(C)C1)C(=O)O. The van der Waals surface area contributed by atoms with Crippen LogP contribution in [0.1, 0.15) is 27.2 Å². The molecule has 2 N–H and O–H groups in total. The van der Waals surface area contributed by atoms with Gasteiger partial charge in [0.2, 0.25) is 0 Å². The van der Waals surface area contributed by atoms with Crippen LogP contribution in [0.4, 0.5) is 0 Å². The van der Waals surface area contributed by atoms with E-state index in [4.69, 9.17) is 4.74 Å². The van der Waals surface area contributed by atoms with Gasteiger partial charge in [-0.15, -0.1) is 0 Å². The molecular weight excluding hydrogens is 220 g/mol. The highest BCUT2D eigenvalue weighted by atomic mass is 16.5. The van der Waals surface area contributed by atoms with Gasteiger partial charge in [0.15, 0.2) is 0 Å². The Morgan fingerprint density at radius 1 is 1.65 bits per heavy atom. The molecule has 0 aromatic heterocycles. The monoisotopic (exact) mass is 244 g/mol. The number of nitrogens with one attached hydrogen (secondary N) is 1. The van der Waals surface area contributed by atoms with E-state index in [0.29, 0.717) is 13.0 Å². The molecule has 0 aliphatic carbocycles. The van der Waals surface area contributed by atoms with Crippen molar-refractivity contribution in [2.45, 2.75) is 38.8 Å². The molecule has 0 spiro atoms. The summed E-state index contributed by atoms with van der Waals surface area (Å²) in [4.78, 5) is 13.5. The molecule has 1 saturated heterocycles. The van der Waals surface area contributed by atoms with Crippen LogP contribution in [0.5, 0.6) is 0 Å². The predicted molar refractivity (Wildman–Crippen MR) is 66.2 cm³/mol. The van der Waals surface area contributed by atoms with Crippen LogP contribution < -0.4 is 5.32 Å². The molecule has 2 unspecified atom stereocenters. The van der Waals surface area contributed by atoms with Crippen molar-refractivity contribution in [2.75, 3.05) is 32.8 Å². The van der Waals surface area contributed by atoms with E-state index in [1.165, 1.54) is 0 Å². The number of nitrogens with zero attached hydrogens (tertiary/aromatic N) is 1. The van der Waals surface area contributed by atoms with Gasteiger partial charge in [0.05, 0.1) is 12.7 Å². The largest absolute Gasteiger partial charge is 0.480 e. The average Bonchev–Trinajstić information content (AvgIpc) is 2.27. The maximum absolute atomic E-state index is 11.2. The summed E-state index contributed by atoms with van der Waals surface area (Å²) < 4.78 is 5.46. The van der Waals surface area contributed by atoms with Crippen LogP contribution in [-0.2, 0) is 9.53 Å². The standard InChI is InChI=1S/C12H24N2O3/c1-4-13-12(3,11(15)16)5-6-14-7-8-17-10(2)9-14/h10,13H,4-9H2,1-3H3,(H,15,16). The van der Waals surface area contributed by atoms with E-state index in [-0.39, 0.29) is 6.10 Å². The van der Waals surface area contributed by atoms with Gasteiger partial charge in [0, 0.05) is 19.6 Å². The van der Waals surface area contributed by atoms with Crippen LogP contribution in [0.25, 0.3) is 0 Å². The number of morpholine rings is 1. The van der Waals surface area contributed by atoms with Gasteiger partial charge in [-0.05, 0) is 26.8 Å². The number of carboxylic acids is 1. The van der Waals surface area contributed by atoms with Crippen molar-refractivity contribution in [1.29, 1.82) is 0 Å². The Morgan fingerprint density at radius 2 is 2.35 bits per heavy atom. The third-order valence-electron chi connectivity index (χ3n) is 3.29. The molecule has 17 heavy (non-hydrogen) atoms. The summed E-state index contributed by atoms with van der Waals surface area (Å²) in [6, 6.07) is 0. The third kappa shape index (κ3) is 4.26. The molecule has 0 aromatic rings. The van der Waals surface area contributed by atoms with Crippen LogP contribution in [0.2, 0.25) is 0 Å². The minimum atomic E-state index is -0.823. The zero-order chi connectivity index (χ0) is 12.9. The van der Waals surface area contributed by atoms with Crippen molar-refractivity contribution >= 4 is 5.97 Å². The molecule has 1 heterocycles. The lowest BCUT2D eigenvalue weighted by molar-refractivity contribution is -0.144. The Kier molecular flexibility index (Phi) is 5.36. The summed E-state index contributed by atoms with van der Waals surface area (Å²) in [6.45, 7) is 9.72. The van der Waals surface area contributed by atoms with Crippen LogP contribution in [0.15, 0.2) is 0 Å². The smallest absolute Gasteiger partial charge is 0.323 e. The van der Waals surface area contributed by atoms with Gasteiger partial charge < -0.3 is 15.2 Å². The van der Waals surface area contributed by atoms with Gasteiger partial charge in [-0.2, -0.15) is 0 Å². The topological polar surface area (TPSA) is 61.8 Å². The summed E-state index contributed by atoms with van der Waals surface area (Å²) >= 11 is 0. The Morgan fingerprint density at radius 3 is 2.88 bits per heavy atom. The van der Waals surface area contributed by atoms with E-state index < -0.39 is 11.5 Å². The fourth-order valence-corrected chi connectivity index (χ4v) is 2.14. The Bertz CT molecular complexity index is 260. The minimum absolute atomic E-state index is 0.249.